The lowest BCUT2D eigenvalue weighted by Crippen LogP contribution is -2.05. The number of halogens is 2. The Labute approximate surface area is 102 Å². The average molecular weight is 248 g/mol. The van der Waals surface area contributed by atoms with E-state index < -0.39 is 11.6 Å². The van der Waals surface area contributed by atoms with Crippen molar-refractivity contribution >= 4 is 5.82 Å². The second kappa shape index (κ2) is 4.45. The van der Waals surface area contributed by atoms with Crippen molar-refractivity contribution in [2.45, 2.75) is 13.3 Å². The van der Waals surface area contributed by atoms with Gasteiger partial charge in [-0.15, -0.1) is 0 Å². The third kappa shape index (κ3) is 1.80. The van der Waals surface area contributed by atoms with Crippen LogP contribution in [-0.4, -0.2) is 9.78 Å². The van der Waals surface area contributed by atoms with Gasteiger partial charge in [-0.1, -0.05) is 6.92 Å². The summed E-state index contributed by atoms with van der Waals surface area (Å²) in [5, 5.41) is 13.0. The number of hydrogen-bond donors (Lipinski definition) is 1. The van der Waals surface area contributed by atoms with Crippen molar-refractivity contribution in [2.24, 2.45) is 0 Å². The number of nitriles is 1. The molecule has 2 aromatic rings. The van der Waals surface area contributed by atoms with Gasteiger partial charge in [0.1, 0.15) is 29.0 Å². The van der Waals surface area contributed by atoms with E-state index in [0.717, 1.165) is 16.8 Å². The van der Waals surface area contributed by atoms with E-state index in [1.165, 1.54) is 6.07 Å². The molecule has 2 N–H and O–H groups in total. The van der Waals surface area contributed by atoms with Gasteiger partial charge in [0.05, 0.1) is 5.69 Å². The van der Waals surface area contributed by atoms with E-state index in [4.69, 9.17) is 11.0 Å². The molecule has 4 nitrogen and oxygen atoms in total. The van der Waals surface area contributed by atoms with E-state index in [2.05, 4.69) is 5.10 Å². The quantitative estimate of drug-likeness (QED) is 0.885. The van der Waals surface area contributed by atoms with Crippen molar-refractivity contribution in [1.82, 2.24) is 9.78 Å². The molecule has 0 radical (unpaired) electrons. The molecular formula is C12H10F2N4. The van der Waals surface area contributed by atoms with Crippen LogP contribution in [0.5, 0.6) is 0 Å². The van der Waals surface area contributed by atoms with Gasteiger partial charge in [-0.05, 0) is 18.6 Å². The molecule has 0 saturated heterocycles. The molecule has 0 aliphatic rings. The first-order valence-electron chi connectivity index (χ1n) is 5.31. The maximum atomic E-state index is 13.6. The van der Waals surface area contributed by atoms with Crippen molar-refractivity contribution < 1.29 is 8.78 Å². The molecule has 6 heteroatoms. The van der Waals surface area contributed by atoms with Crippen molar-refractivity contribution in [1.29, 1.82) is 5.26 Å². The third-order valence-corrected chi connectivity index (χ3v) is 2.58. The summed E-state index contributed by atoms with van der Waals surface area (Å²) < 4.78 is 27.6. The molecule has 1 aromatic heterocycles. The molecular weight excluding hydrogens is 238 g/mol. The lowest BCUT2D eigenvalue weighted by Gasteiger charge is -2.05. The van der Waals surface area contributed by atoms with Crippen LogP contribution in [0, 0.1) is 23.0 Å². The van der Waals surface area contributed by atoms with E-state index in [1.807, 2.05) is 13.0 Å². The molecule has 0 unspecified atom stereocenters. The van der Waals surface area contributed by atoms with E-state index in [9.17, 15) is 8.78 Å². The van der Waals surface area contributed by atoms with Crippen molar-refractivity contribution in [2.75, 3.05) is 5.73 Å². The van der Waals surface area contributed by atoms with Gasteiger partial charge in [-0.3, -0.25) is 0 Å². The van der Waals surface area contributed by atoms with E-state index in [1.54, 1.807) is 0 Å². The summed E-state index contributed by atoms with van der Waals surface area (Å²) in [4.78, 5) is 0. The minimum absolute atomic E-state index is 0.0186. The van der Waals surface area contributed by atoms with Crippen molar-refractivity contribution in [3.63, 3.8) is 0 Å². The predicted octanol–water partition coefficient (Wildman–Crippen LogP) is 2.17. The molecule has 0 atom stereocenters. The molecule has 0 aliphatic heterocycles. The highest BCUT2D eigenvalue weighted by atomic mass is 19.1. The smallest absolute Gasteiger partial charge is 0.151 e. The first-order chi connectivity index (χ1) is 8.58. The fourth-order valence-electron chi connectivity index (χ4n) is 1.68. The molecule has 1 aromatic carbocycles. The van der Waals surface area contributed by atoms with Gasteiger partial charge in [0.25, 0.3) is 0 Å². The second-order valence-electron chi connectivity index (χ2n) is 3.68. The van der Waals surface area contributed by atoms with Gasteiger partial charge in [0, 0.05) is 6.07 Å². The highest BCUT2D eigenvalue weighted by molar-refractivity contribution is 5.56. The first-order valence-corrected chi connectivity index (χ1v) is 5.31. The van der Waals surface area contributed by atoms with Crippen LogP contribution in [0.3, 0.4) is 0 Å². The molecule has 2 rings (SSSR count). The van der Waals surface area contributed by atoms with Crippen molar-refractivity contribution in [3.05, 3.63) is 41.1 Å². The van der Waals surface area contributed by atoms with E-state index in [0.29, 0.717) is 12.1 Å². The zero-order valence-electron chi connectivity index (χ0n) is 9.61. The number of aryl methyl sites for hydroxylation is 1. The summed E-state index contributed by atoms with van der Waals surface area (Å²) in [6.07, 6.45) is 0.503. The maximum Gasteiger partial charge on any atom is 0.151 e. The minimum atomic E-state index is -0.781. The maximum absolute atomic E-state index is 13.6. The number of rotatable bonds is 2. The largest absolute Gasteiger partial charge is 0.382 e. The number of aromatic nitrogens is 2. The standard InChI is InChI=1S/C12H10F2N4/c1-2-10-8(6-15)12(16)18(17-10)11-4-3-7(13)5-9(11)14/h3-5H,2,16H2,1H3. The number of hydrogen-bond acceptors (Lipinski definition) is 3. The van der Waals surface area contributed by atoms with Crippen LogP contribution in [0.2, 0.25) is 0 Å². The highest BCUT2D eigenvalue weighted by Gasteiger charge is 2.17. The number of nitrogens with zero attached hydrogens (tertiary/aromatic N) is 3. The zero-order chi connectivity index (χ0) is 13.3. The Morgan fingerprint density at radius 2 is 2.17 bits per heavy atom. The number of anilines is 1. The lowest BCUT2D eigenvalue weighted by atomic mass is 10.2. The van der Waals surface area contributed by atoms with Crippen LogP contribution in [-0.2, 0) is 6.42 Å². The first kappa shape index (κ1) is 12.0. The van der Waals surface area contributed by atoms with Gasteiger partial charge in [0.15, 0.2) is 5.82 Å². The van der Waals surface area contributed by atoms with Crippen LogP contribution in [0.15, 0.2) is 18.2 Å². The van der Waals surface area contributed by atoms with Crippen LogP contribution in [0.1, 0.15) is 18.2 Å². The molecule has 0 saturated carbocycles. The summed E-state index contributed by atoms with van der Waals surface area (Å²) in [5.41, 5.74) is 6.47. The van der Waals surface area contributed by atoms with Gasteiger partial charge < -0.3 is 5.73 Å². The van der Waals surface area contributed by atoms with Crippen LogP contribution in [0.25, 0.3) is 5.69 Å². The molecule has 0 fully saturated rings. The molecule has 92 valence electrons. The van der Waals surface area contributed by atoms with E-state index in [-0.39, 0.29) is 17.1 Å². The molecule has 18 heavy (non-hydrogen) atoms. The fraction of sp³-hybridized carbons (Fsp3) is 0.167. The van der Waals surface area contributed by atoms with Crippen LogP contribution in [0.4, 0.5) is 14.6 Å². The summed E-state index contributed by atoms with van der Waals surface area (Å²) in [5.74, 6) is -1.41. The Kier molecular flexibility index (Phi) is 2.98. The Morgan fingerprint density at radius 1 is 1.44 bits per heavy atom. The van der Waals surface area contributed by atoms with Gasteiger partial charge in [-0.25, -0.2) is 13.5 Å². The van der Waals surface area contributed by atoms with Gasteiger partial charge >= 0.3 is 0 Å². The number of nitrogens with two attached hydrogens (primary N) is 1. The van der Waals surface area contributed by atoms with E-state index >= 15 is 0 Å². The molecule has 0 spiro atoms. The number of benzene rings is 1. The Balaban J connectivity index is 2.65. The van der Waals surface area contributed by atoms with Gasteiger partial charge in [0.2, 0.25) is 0 Å². The Morgan fingerprint density at radius 3 is 2.67 bits per heavy atom. The normalized spacial score (nSPS) is 10.3. The summed E-state index contributed by atoms with van der Waals surface area (Å²) in [6.45, 7) is 1.81. The summed E-state index contributed by atoms with van der Waals surface area (Å²) in [7, 11) is 0. The van der Waals surface area contributed by atoms with Crippen molar-refractivity contribution in [3.8, 4) is 11.8 Å². The summed E-state index contributed by atoms with van der Waals surface area (Å²) in [6, 6.07) is 5.01. The highest BCUT2D eigenvalue weighted by Crippen LogP contribution is 2.23. The third-order valence-electron chi connectivity index (χ3n) is 2.58. The summed E-state index contributed by atoms with van der Waals surface area (Å²) >= 11 is 0. The Hall–Kier alpha value is -2.42. The molecule has 0 amide bonds. The SMILES string of the molecule is CCc1nn(-c2ccc(F)cc2F)c(N)c1C#N. The number of nitrogen functional groups attached to an aromatic ring is 1. The molecule has 0 bridgehead atoms. The molecule has 1 heterocycles. The fourth-order valence-corrected chi connectivity index (χ4v) is 1.68. The predicted molar refractivity (Wildman–Crippen MR) is 62.0 cm³/mol. The zero-order valence-corrected chi connectivity index (χ0v) is 9.61. The van der Waals surface area contributed by atoms with Crippen LogP contribution >= 0.6 is 0 Å². The monoisotopic (exact) mass is 248 g/mol. The van der Waals surface area contributed by atoms with Crippen LogP contribution < -0.4 is 5.73 Å². The topological polar surface area (TPSA) is 67.6 Å². The molecule has 0 aliphatic carbocycles. The minimum Gasteiger partial charge on any atom is -0.382 e. The van der Waals surface area contributed by atoms with Gasteiger partial charge in [-0.2, -0.15) is 10.4 Å². The average Bonchev–Trinajstić information content (AvgIpc) is 2.66. The lowest BCUT2D eigenvalue weighted by molar-refractivity contribution is 0.574. The Bertz CT molecular complexity index is 640. The second-order valence-corrected chi connectivity index (χ2v) is 3.68.